The van der Waals surface area contributed by atoms with Gasteiger partial charge in [0.2, 0.25) is 5.91 Å². The number of hydrogen-bond donors (Lipinski definition) is 3. The summed E-state index contributed by atoms with van der Waals surface area (Å²) in [4.78, 5) is 41.2. The number of urea groups is 1. The Bertz CT molecular complexity index is 1080. The first-order valence-electron chi connectivity index (χ1n) is 8.74. The Kier molecular flexibility index (Phi) is 4.75. The second-order valence-corrected chi connectivity index (χ2v) is 6.93. The molecule has 0 spiro atoms. The van der Waals surface area contributed by atoms with Crippen LogP contribution in [0.2, 0.25) is 5.02 Å². The normalized spacial score (nSPS) is 16.5. The second-order valence-electron chi connectivity index (χ2n) is 6.52. The number of H-pyrrole nitrogens is 1. The number of amides is 4. The smallest absolute Gasteiger partial charge is 0.325 e. The maximum atomic E-state index is 12.7. The van der Waals surface area contributed by atoms with Crippen LogP contribution in [0.25, 0.3) is 10.9 Å². The molecule has 1 aromatic heterocycles. The van der Waals surface area contributed by atoms with Crippen molar-refractivity contribution in [2.24, 2.45) is 0 Å². The summed E-state index contributed by atoms with van der Waals surface area (Å²) in [6.07, 6.45) is 2.17. The van der Waals surface area contributed by atoms with Crippen LogP contribution in [0.5, 0.6) is 0 Å². The lowest BCUT2D eigenvalue weighted by atomic mass is 10.1. The van der Waals surface area contributed by atoms with Gasteiger partial charge in [0.05, 0.1) is 10.7 Å². The topological polar surface area (TPSA) is 94.3 Å². The minimum Gasteiger partial charge on any atom is -0.361 e. The van der Waals surface area contributed by atoms with E-state index in [1.165, 1.54) is 0 Å². The van der Waals surface area contributed by atoms with E-state index in [-0.39, 0.29) is 6.54 Å². The molecule has 0 radical (unpaired) electrons. The fourth-order valence-electron chi connectivity index (χ4n) is 3.28. The van der Waals surface area contributed by atoms with Gasteiger partial charge >= 0.3 is 6.03 Å². The summed E-state index contributed by atoms with van der Waals surface area (Å²) >= 11 is 6.02. The third kappa shape index (κ3) is 3.44. The molecule has 1 saturated heterocycles. The van der Waals surface area contributed by atoms with E-state index < -0.39 is 23.9 Å². The molecule has 1 atom stereocenters. The zero-order chi connectivity index (χ0) is 19.7. The van der Waals surface area contributed by atoms with Crippen molar-refractivity contribution >= 4 is 46.0 Å². The Balaban J connectivity index is 1.44. The van der Waals surface area contributed by atoms with Crippen LogP contribution >= 0.6 is 11.6 Å². The number of aromatic nitrogens is 1. The van der Waals surface area contributed by atoms with Crippen molar-refractivity contribution in [2.45, 2.75) is 12.5 Å². The van der Waals surface area contributed by atoms with Gasteiger partial charge in [0.15, 0.2) is 0 Å². The zero-order valence-corrected chi connectivity index (χ0v) is 15.5. The highest BCUT2D eigenvalue weighted by molar-refractivity contribution is 6.33. The molecule has 3 aromatic rings. The molecule has 0 aliphatic carbocycles. The van der Waals surface area contributed by atoms with E-state index in [1.54, 1.807) is 24.3 Å². The fraction of sp³-hybridized carbons (Fsp3) is 0.150. The van der Waals surface area contributed by atoms with Crippen molar-refractivity contribution in [1.29, 1.82) is 0 Å². The number of fused-ring (bicyclic) bond motifs is 1. The van der Waals surface area contributed by atoms with Gasteiger partial charge in [0.1, 0.15) is 12.6 Å². The summed E-state index contributed by atoms with van der Waals surface area (Å²) in [5, 5.41) is 6.65. The van der Waals surface area contributed by atoms with Crippen molar-refractivity contribution in [3.63, 3.8) is 0 Å². The van der Waals surface area contributed by atoms with Crippen LogP contribution in [0.3, 0.4) is 0 Å². The van der Waals surface area contributed by atoms with Crippen LogP contribution < -0.4 is 10.6 Å². The maximum absolute atomic E-state index is 12.7. The van der Waals surface area contributed by atoms with Crippen LogP contribution in [0.4, 0.5) is 10.5 Å². The summed E-state index contributed by atoms with van der Waals surface area (Å²) in [6, 6.07) is 13.2. The number of nitrogens with zero attached hydrogens (tertiary/aromatic N) is 1. The quantitative estimate of drug-likeness (QED) is 0.579. The Hall–Kier alpha value is -3.32. The summed E-state index contributed by atoms with van der Waals surface area (Å²) < 4.78 is 0. The molecule has 1 aliphatic heterocycles. The molecule has 1 aliphatic rings. The van der Waals surface area contributed by atoms with Gasteiger partial charge in [-0.25, -0.2) is 4.79 Å². The second kappa shape index (κ2) is 7.36. The minimum atomic E-state index is -0.709. The van der Waals surface area contributed by atoms with Gasteiger partial charge in [0, 0.05) is 23.5 Å². The van der Waals surface area contributed by atoms with Gasteiger partial charge < -0.3 is 15.6 Å². The standard InChI is InChI=1S/C20H17ClN4O3/c21-14-6-2-4-8-16(14)23-18(26)11-25-19(27)17(24-20(25)28)9-12-10-22-15-7-3-1-5-13(12)15/h1-8,10,17,22H,9,11H2,(H,23,26)(H,24,28). The number of imide groups is 1. The Labute approximate surface area is 165 Å². The molecule has 0 bridgehead atoms. The predicted octanol–water partition coefficient (Wildman–Crippen LogP) is 2.92. The number of aromatic amines is 1. The first-order chi connectivity index (χ1) is 13.5. The van der Waals surface area contributed by atoms with Gasteiger partial charge in [0.25, 0.3) is 5.91 Å². The molecule has 4 amide bonds. The van der Waals surface area contributed by atoms with Crippen molar-refractivity contribution in [1.82, 2.24) is 15.2 Å². The molecule has 1 unspecified atom stereocenters. The molecule has 4 rings (SSSR count). The van der Waals surface area contributed by atoms with E-state index in [0.717, 1.165) is 21.4 Å². The number of carbonyl (C=O) groups excluding carboxylic acids is 3. The van der Waals surface area contributed by atoms with E-state index >= 15 is 0 Å². The first kappa shape index (κ1) is 18.1. The SMILES string of the molecule is O=C(CN1C(=O)NC(Cc2c[nH]c3ccccc23)C1=O)Nc1ccccc1Cl. The van der Waals surface area contributed by atoms with Gasteiger partial charge in [-0.1, -0.05) is 41.9 Å². The predicted molar refractivity (Wildman–Crippen MR) is 106 cm³/mol. The molecular formula is C20H17ClN4O3. The average molecular weight is 397 g/mol. The van der Waals surface area contributed by atoms with Gasteiger partial charge in [-0.2, -0.15) is 0 Å². The fourth-order valence-corrected chi connectivity index (χ4v) is 3.46. The monoisotopic (exact) mass is 396 g/mol. The Morgan fingerprint density at radius 2 is 1.86 bits per heavy atom. The lowest BCUT2D eigenvalue weighted by Crippen LogP contribution is -2.38. The maximum Gasteiger partial charge on any atom is 0.325 e. The molecule has 1 fully saturated rings. The van der Waals surface area contributed by atoms with Crippen LogP contribution in [-0.2, 0) is 16.0 Å². The highest BCUT2D eigenvalue weighted by Crippen LogP contribution is 2.22. The number of benzene rings is 2. The van der Waals surface area contributed by atoms with E-state index in [9.17, 15) is 14.4 Å². The van der Waals surface area contributed by atoms with E-state index in [2.05, 4.69) is 15.6 Å². The van der Waals surface area contributed by atoms with Gasteiger partial charge in [-0.05, 0) is 23.8 Å². The van der Waals surface area contributed by atoms with Gasteiger partial charge in [-0.3, -0.25) is 14.5 Å². The lowest BCUT2D eigenvalue weighted by molar-refractivity contribution is -0.130. The van der Waals surface area contributed by atoms with E-state index in [0.29, 0.717) is 17.1 Å². The van der Waals surface area contributed by atoms with Crippen LogP contribution in [0, 0.1) is 0 Å². The third-order valence-corrected chi connectivity index (χ3v) is 4.99. The van der Waals surface area contributed by atoms with Crippen LogP contribution in [0.1, 0.15) is 5.56 Å². The average Bonchev–Trinajstić information content (AvgIpc) is 3.20. The highest BCUT2D eigenvalue weighted by atomic mass is 35.5. The molecule has 8 heteroatoms. The number of carbonyl (C=O) groups is 3. The third-order valence-electron chi connectivity index (χ3n) is 4.66. The molecule has 142 valence electrons. The van der Waals surface area contributed by atoms with Crippen LogP contribution in [0.15, 0.2) is 54.7 Å². The lowest BCUT2D eigenvalue weighted by Gasteiger charge is -2.13. The van der Waals surface area contributed by atoms with Crippen LogP contribution in [-0.4, -0.2) is 40.3 Å². The Morgan fingerprint density at radius 3 is 2.68 bits per heavy atom. The minimum absolute atomic E-state index is 0.344. The number of nitrogens with one attached hydrogen (secondary N) is 3. The van der Waals surface area contributed by atoms with Crippen molar-refractivity contribution < 1.29 is 14.4 Å². The number of rotatable bonds is 5. The number of hydrogen-bond acceptors (Lipinski definition) is 3. The number of anilines is 1. The van der Waals surface area contributed by atoms with E-state index in [1.807, 2.05) is 30.5 Å². The number of para-hydroxylation sites is 2. The number of halogens is 1. The van der Waals surface area contributed by atoms with Gasteiger partial charge in [-0.15, -0.1) is 0 Å². The molecule has 7 nitrogen and oxygen atoms in total. The van der Waals surface area contributed by atoms with Crippen molar-refractivity contribution in [3.05, 3.63) is 65.3 Å². The Morgan fingerprint density at radius 1 is 1.11 bits per heavy atom. The molecule has 0 saturated carbocycles. The summed E-state index contributed by atoms with van der Waals surface area (Å²) in [6.45, 7) is -0.375. The van der Waals surface area contributed by atoms with Crippen molar-refractivity contribution in [3.8, 4) is 0 Å². The molecule has 2 heterocycles. The van der Waals surface area contributed by atoms with E-state index in [4.69, 9.17) is 11.6 Å². The first-order valence-corrected chi connectivity index (χ1v) is 9.12. The summed E-state index contributed by atoms with van der Waals surface area (Å²) in [7, 11) is 0. The molecule has 3 N–H and O–H groups in total. The highest BCUT2D eigenvalue weighted by Gasteiger charge is 2.39. The van der Waals surface area contributed by atoms with Crippen molar-refractivity contribution in [2.75, 3.05) is 11.9 Å². The summed E-state index contributed by atoms with van der Waals surface area (Å²) in [5.41, 5.74) is 2.32. The summed E-state index contributed by atoms with van der Waals surface area (Å²) in [5.74, 6) is -0.922. The zero-order valence-electron chi connectivity index (χ0n) is 14.7. The molecule has 2 aromatic carbocycles. The largest absolute Gasteiger partial charge is 0.361 e. The molecule has 28 heavy (non-hydrogen) atoms. The molecular weight excluding hydrogens is 380 g/mol.